The second-order valence-electron chi connectivity index (χ2n) is 7.88. The van der Waals surface area contributed by atoms with Crippen LogP contribution in [0.15, 0.2) is 0 Å². The second-order valence-corrected chi connectivity index (χ2v) is 7.88. The van der Waals surface area contributed by atoms with Crippen LogP contribution >= 0.6 is 24.8 Å². The molecule has 1 heterocycles. The number of carbonyl (C=O) groups is 1. The summed E-state index contributed by atoms with van der Waals surface area (Å²) in [6.07, 6.45) is 3.52. The zero-order valence-electron chi connectivity index (χ0n) is 15.1. The van der Waals surface area contributed by atoms with E-state index in [0.29, 0.717) is 13.0 Å². The molecule has 0 aromatic heterocycles. The minimum Gasteiger partial charge on any atom is -0.378 e. The molecule has 2 unspecified atom stereocenters. The summed E-state index contributed by atoms with van der Waals surface area (Å²) in [4.78, 5) is 17.4. The van der Waals surface area contributed by atoms with Crippen molar-refractivity contribution in [3.05, 3.63) is 0 Å². The fourth-order valence-corrected chi connectivity index (χ4v) is 3.88. The number of nitrogens with two attached hydrogens (primary N) is 1. The first-order chi connectivity index (χ1) is 10.4. The fourth-order valence-electron chi connectivity index (χ4n) is 3.88. The molecule has 2 saturated carbocycles. The van der Waals surface area contributed by atoms with Gasteiger partial charge in [-0.05, 0) is 25.7 Å². The van der Waals surface area contributed by atoms with E-state index in [1.54, 1.807) is 0 Å². The highest BCUT2D eigenvalue weighted by Crippen LogP contribution is 2.50. The van der Waals surface area contributed by atoms with Crippen LogP contribution in [-0.2, 0) is 9.53 Å². The Morgan fingerprint density at radius 3 is 2.21 bits per heavy atom. The Balaban J connectivity index is 0.00000144. The highest BCUT2D eigenvalue weighted by atomic mass is 35.5. The highest BCUT2D eigenvalue weighted by Gasteiger charge is 2.63. The van der Waals surface area contributed by atoms with Crippen molar-refractivity contribution < 1.29 is 9.53 Å². The molecule has 2 aliphatic carbocycles. The summed E-state index contributed by atoms with van der Waals surface area (Å²) in [5, 5.41) is 0. The number of ether oxygens (including phenoxy) is 1. The standard InChI is InChI=1S/C17H31N3O2.2ClH/c1-4-22-14-11-17(18,16(14,2)3)15(21)20-9-7-19(8-10-20)12-13-5-6-13;;/h13-14H,4-12,18H2,1-3H3;2*1H. The molecule has 0 spiro atoms. The normalized spacial score (nSPS) is 32.3. The van der Waals surface area contributed by atoms with Crippen LogP contribution in [0, 0.1) is 11.3 Å². The summed E-state index contributed by atoms with van der Waals surface area (Å²) < 4.78 is 5.73. The Kier molecular flexibility index (Phi) is 7.40. The van der Waals surface area contributed by atoms with Gasteiger partial charge >= 0.3 is 0 Å². The number of halogens is 2. The SMILES string of the molecule is CCOC1CC(N)(C(=O)N2CCN(CC3CC3)CC2)C1(C)C.Cl.Cl. The summed E-state index contributed by atoms with van der Waals surface area (Å²) in [6, 6.07) is 0. The van der Waals surface area contributed by atoms with Gasteiger partial charge in [0, 0.05) is 51.2 Å². The zero-order valence-corrected chi connectivity index (χ0v) is 16.8. The summed E-state index contributed by atoms with van der Waals surface area (Å²) in [7, 11) is 0. The molecular formula is C17H33Cl2N3O2. The van der Waals surface area contributed by atoms with Gasteiger partial charge < -0.3 is 15.4 Å². The third kappa shape index (κ3) is 3.85. The second kappa shape index (κ2) is 8.09. The van der Waals surface area contributed by atoms with E-state index in [-0.39, 0.29) is 42.2 Å². The first kappa shape index (κ1) is 22.0. The van der Waals surface area contributed by atoms with E-state index >= 15 is 0 Å². The minimum absolute atomic E-state index is 0. The molecule has 0 aromatic rings. The molecule has 24 heavy (non-hydrogen) atoms. The Morgan fingerprint density at radius 1 is 1.17 bits per heavy atom. The molecule has 7 heteroatoms. The quantitative estimate of drug-likeness (QED) is 0.789. The van der Waals surface area contributed by atoms with Gasteiger partial charge in [-0.1, -0.05) is 13.8 Å². The first-order valence-electron chi connectivity index (χ1n) is 8.80. The van der Waals surface area contributed by atoms with Crippen LogP contribution in [0.25, 0.3) is 0 Å². The van der Waals surface area contributed by atoms with Crippen molar-refractivity contribution >= 4 is 30.7 Å². The smallest absolute Gasteiger partial charge is 0.243 e. The van der Waals surface area contributed by atoms with Crippen molar-refractivity contribution in [2.75, 3.05) is 39.3 Å². The Hall–Kier alpha value is -0.0700. The molecule has 2 atom stereocenters. The zero-order chi connectivity index (χ0) is 16.0. The minimum atomic E-state index is -0.758. The van der Waals surface area contributed by atoms with Gasteiger partial charge in [0.25, 0.3) is 0 Å². The lowest BCUT2D eigenvalue weighted by Gasteiger charge is -2.59. The Morgan fingerprint density at radius 2 is 1.75 bits per heavy atom. The number of piperazine rings is 1. The van der Waals surface area contributed by atoms with Crippen molar-refractivity contribution in [2.24, 2.45) is 17.1 Å². The molecular weight excluding hydrogens is 349 g/mol. The van der Waals surface area contributed by atoms with Crippen LogP contribution in [0.1, 0.15) is 40.0 Å². The number of hydrogen-bond donors (Lipinski definition) is 1. The average molecular weight is 382 g/mol. The van der Waals surface area contributed by atoms with Crippen molar-refractivity contribution in [3.63, 3.8) is 0 Å². The third-order valence-corrected chi connectivity index (χ3v) is 6.08. The molecule has 0 aromatic carbocycles. The predicted molar refractivity (Wildman–Crippen MR) is 101 cm³/mol. The molecule has 0 radical (unpaired) electrons. The number of rotatable bonds is 5. The largest absolute Gasteiger partial charge is 0.378 e. The van der Waals surface area contributed by atoms with E-state index in [4.69, 9.17) is 10.5 Å². The summed E-state index contributed by atoms with van der Waals surface area (Å²) >= 11 is 0. The predicted octanol–water partition coefficient (Wildman–Crippen LogP) is 1.92. The van der Waals surface area contributed by atoms with Gasteiger partial charge in [-0.15, -0.1) is 24.8 Å². The first-order valence-corrected chi connectivity index (χ1v) is 8.80. The van der Waals surface area contributed by atoms with E-state index in [1.165, 1.54) is 19.4 Å². The number of carbonyl (C=O) groups excluding carboxylic acids is 1. The van der Waals surface area contributed by atoms with E-state index in [2.05, 4.69) is 18.7 Å². The molecule has 1 saturated heterocycles. The summed E-state index contributed by atoms with van der Waals surface area (Å²) in [6.45, 7) is 11.6. The van der Waals surface area contributed by atoms with E-state index in [0.717, 1.165) is 32.1 Å². The number of hydrogen-bond acceptors (Lipinski definition) is 4. The van der Waals surface area contributed by atoms with Crippen molar-refractivity contribution in [3.8, 4) is 0 Å². The molecule has 3 aliphatic rings. The number of amides is 1. The molecule has 5 nitrogen and oxygen atoms in total. The van der Waals surface area contributed by atoms with Gasteiger partial charge in [-0.3, -0.25) is 9.69 Å². The third-order valence-electron chi connectivity index (χ3n) is 6.08. The van der Waals surface area contributed by atoms with Crippen molar-refractivity contribution in [2.45, 2.75) is 51.7 Å². The average Bonchev–Trinajstić information content (AvgIpc) is 3.31. The maximum Gasteiger partial charge on any atom is 0.243 e. The van der Waals surface area contributed by atoms with Crippen LogP contribution in [0.3, 0.4) is 0 Å². The highest BCUT2D eigenvalue weighted by molar-refractivity contribution is 5.89. The van der Waals surface area contributed by atoms with E-state index in [1.807, 2.05) is 11.8 Å². The lowest BCUT2D eigenvalue weighted by Crippen LogP contribution is -2.76. The topological polar surface area (TPSA) is 58.8 Å². The molecule has 0 bridgehead atoms. The van der Waals surface area contributed by atoms with E-state index in [9.17, 15) is 4.79 Å². The lowest BCUT2D eigenvalue weighted by atomic mass is 9.54. The van der Waals surface area contributed by atoms with Gasteiger partial charge in [0.2, 0.25) is 5.91 Å². The molecule has 3 rings (SSSR count). The monoisotopic (exact) mass is 381 g/mol. The van der Waals surface area contributed by atoms with Crippen molar-refractivity contribution in [1.29, 1.82) is 0 Å². The summed E-state index contributed by atoms with van der Waals surface area (Å²) in [5.74, 6) is 1.04. The van der Waals surface area contributed by atoms with Gasteiger partial charge in [0.05, 0.1) is 6.10 Å². The Bertz CT molecular complexity index is 438. The molecule has 1 amide bonds. The molecule has 1 aliphatic heterocycles. The summed E-state index contributed by atoms with van der Waals surface area (Å²) in [5.41, 5.74) is 5.47. The van der Waals surface area contributed by atoms with Crippen molar-refractivity contribution in [1.82, 2.24) is 9.80 Å². The van der Waals surface area contributed by atoms with E-state index < -0.39 is 5.54 Å². The molecule has 3 fully saturated rings. The van der Waals surface area contributed by atoms with Crippen LogP contribution in [0.4, 0.5) is 0 Å². The van der Waals surface area contributed by atoms with Crippen LogP contribution in [0.2, 0.25) is 0 Å². The van der Waals surface area contributed by atoms with Crippen LogP contribution in [0.5, 0.6) is 0 Å². The molecule has 142 valence electrons. The van der Waals surface area contributed by atoms with Gasteiger partial charge in [0.1, 0.15) is 5.54 Å². The molecule has 2 N–H and O–H groups in total. The lowest BCUT2D eigenvalue weighted by molar-refractivity contribution is -0.180. The Labute approximate surface area is 158 Å². The maximum absolute atomic E-state index is 12.9. The van der Waals surface area contributed by atoms with Crippen LogP contribution in [-0.4, -0.2) is 66.7 Å². The van der Waals surface area contributed by atoms with Gasteiger partial charge in [-0.2, -0.15) is 0 Å². The fraction of sp³-hybridized carbons (Fsp3) is 0.941. The van der Waals surface area contributed by atoms with Gasteiger partial charge in [-0.25, -0.2) is 0 Å². The maximum atomic E-state index is 12.9. The van der Waals surface area contributed by atoms with Gasteiger partial charge in [0.15, 0.2) is 0 Å². The van der Waals surface area contributed by atoms with Crippen LogP contribution < -0.4 is 5.73 Å². The number of nitrogens with zero attached hydrogens (tertiary/aromatic N) is 2.